The lowest BCUT2D eigenvalue weighted by molar-refractivity contribution is -0.162. The Balaban J connectivity index is 1.59. The molecule has 2 aliphatic heterocycles. The first-order chi connectivity index (χ1) is 10.7. The Labute approximate surface area is 130 Å². The van der Waals surface area contributed by atoms with E-state index in [9.17, 15) is 4.79 Å². The molecule has 0 aliphatic carbocycles. The predicted octanol–water partition coefficient (Wildman–Crippen LogP) is 1.26. The molecule has 1 amide bonds. The minimum absolute atomic E-state index is 0.0201. The summed E-state index contributed by atoms with van der Waals surface area (Å²) in [4.78, 5) is 18.2. The van der Waals surface area contributed by atoms with Crippen LogP contribution in [0.5, 0.6) is 5.75 Å². The second-order valence-electron chi connectivity index (χ2n) is 5.82. The summed E-state index contributed by atoms with van der Waals surface area (Å²) in [6.45, 7) is 2.03. The highest BCUT2D eigenvalue weighted by Crippen LogP contribution is 2.36. The normalized spacial score (nSPS) is 28.0. The molecular weight excluding hydrogens is 284 g/mol. The number of carbonyl (C=O) groups excluding carboxylic acids is 1. The number of rotatable bonds is 4. The fourth-order valence-corrected chi connectivity index (χ4v) is 3.35. The van der Waals surface area contributed by atoms with Crippen LogP contribution in [0.1, 0.15) is 19.3 Å². The molecule has 1 aromatic heterocycles. The van der Waals surface area contributed by atoms with Gasteiger partial charge in [-0.2, -0.15) is 0 Å². The Morgan fingerprint density at radius 2 is 2.50 bits per heavy atom. The monoisotopic (exact) mass is 306 g/mol. The number of nitrogens with zero attached hydrogens (tertiary/aromatic N) is 2. The lowest BCUT2D eigenvalue weighted by atomic mass is 9.87. The fraction of sp³-hybridized carbons (Fsp3) is 0.625. The average molecular weight is 306 g/mol. The highest BCUT2D eigenvalue weighted by molar-refractivity contribution is 5.78. The molecule has 0 bridgehead atoms. The van der Waals surface area contributed by atoms with Gasteiger partial charge in [-0.05, 0) is 31.4 Å². The largest absolute Gasteiger partial charge is 0.482 e. The number of methoxy groups -OCH3 is 1. The van der Waals surface area contributed by atoms with Crippen LogP contribution < -0.4 is 4.74 Å². The molecule has 1 aromatic rings. The summed E-state index contributed by atoms with van der Waals surface area (Å²) in [5.41, 5.74) is -0.336. The number of piperidine rings is 1. The number of hydrogen-bond donors (Lipinski definition) is 0. The maximum absolute atomic E-state index is 12.4. The van der Waals surface area contributed by atoms with E-state index in [0.717, 1.165) is 25.9 Å². The molecule has 3 rings (SSSR count). The van der Waals surface area contributed by atoms with E-state index in [1.165, 1.54) is 0 Å². The molecule has 2 atom stereocenters. The van der Waals surface area contributed by atoms with Gasteiger partial charge >= 0.3 is 0 Å². The number of pyridine rings is 1. The summed E-state index contributed by atoms with van der Waals surface area (Å²) >= 11 is 0. The maximum atomic E-state index is 12.4. The smallest absolute Gasteiger partial charge is 0.260 e. The van der Waals surface area contributed by atoms with Crippen LogP contribution in [0.15, 0.2) is 24.5 Å². The van der Waals surface area contributed by atoms with Crippen molar-refractivity contribution in [3.8, 4) is 5.75 Å². The lowest BCUT2D eigenvalue weighted by Gasteiger charge is -2.44. The van der Waals surface area contributed by atoms with Gasteiger partial charge in [0.25, 0.3) is 5.91 Å². The number of carbonyl (C=O) groups is 1. The number of ether oxygens (including phenoxy) is 3. The molecule has 0 N–H and O–H groups in total. The molecule has 6 heteroatoms. The number of amides is 1. The second kappa shape index (κ2) is 6.62. The van der Waals surface area contributed by atoms with Crippen molar-refractivity contribution in [1.82, 2.24) is 9.88 Å². The molecule has 2 aliphatic rings. The first-order valence-electron chi connectivity index (χ1n) is 7.71. The molecule has 6 nitrogen and oxygen atoms in total. The van der Waals surface area contributed by atoms with Crippen molar-refractivity contribution in [3.63, 3.8) is 0 Å². The summed E-state index contributed by atoms with van der Waals surface area (Å²) in [5, 5.41) is 0. The summed E-state index contributed by atoms with van der Waals surface area (Å²) in [5.74, 6) is 0.586. The third-order valence-corrected chi connectivity index (χ3v) is 4.47. The molecule has 2 saturated heterocycles. The van der Waals surface area contributed by atoms with E-state index >= 15 is 0 Å². The molecule has 1 spiro atoms. The SMILES string of the molecule is CO[C@H]1CCN(C(=O)COc2cccnc2)C[C@@]12CCCO2. The summed E-state index contributed by atoms with van der Waals surface area (Å²) in [6.07, 6.45) is 6.11. The molecular formula is C16H22N2O4. The van der Waals surface area contributed by atoms with Crippen molar-refractivity contribution >= 4 is 5.91 Å². The standard InChI is InChI=1S/C16H22N2O4/c1-20-14-5-8-18(12-16(14)6-3-9-22-16)15(19)11-21-13-4-2-7-17-10-13/h2,4,7,10,14H,3,5-6,8-9,11-12H2,1H3/t14-,16-/m0/s1. The van der Waals surface area contributed by atoms with Gasteiger partial charge in [0.1, 0.15) is 11.4 Å². The van der Waals surface area contributed by atoms with Gasteiger partial charge in [0.15, 0.2) is 6.61 Å². The van der Waals surface area contributed by atoms with Gasteiger partial charge < -0.3 is 19.1 Å². The number of likely N-dealkylation sites (tertiary alicyclic amines) is 1. The topological polar surface area (TPSA) is 60.9 Å². The van der Waals surface area contributed by atoms with E-state index in [0.29, 0.717) is 18.8 Å². The van der Waals surface area contributed by atoms with Crippen molar-refractivity contribution in [2.75, 3.05) is 33.4 Å². The Morgan fingerprint density at radius 3 is 3.18 bits per heavy atom. The van der Waals surface area contributed by atoms with Crippen molar-refractivity contribution in [1.29, 1.82) is 0 Å². The molecule has 0 saturated carbocycles. The van der Waals surface area contributed by atoms with Crippen LogP contribution in [-0.2, 0) is 14.3 Å². The highest BCUT2D eigenvalue weighted by atomic mass is 16.6. The zero-order chi connectivity index (χ0) is 15.4. The van der Waals surface area contributed by atoms with Gasteiger partial charge in [-0.15, -0.1) is 0 Å². The number of hydrogen-bond acceptors (Lipinski definition) is 5. The molecule has 2 fully saturated rings. The van der Waals surface area contributed by atoms with Crippen molar-refractivity contribution in [2.24, 2.45) is 0 Å². The molecule has 3 heterocycles. The Kier molecular flexibility index (Phi) is 4.59. The van der Waals surface area contributed by atoms with Crippen molar-refractivity contribution in [2.45, 2.75) is 31.0 Å². The van der Waals surface area contributed by atoms with E-state index in [-0.39, 0.29) is 24.2 Å². The maximum Gasteiger partial charge on any atom is 0.260 e. The van der Waals surface area contributed by atoms with E-state index < -0.39 is 0 Å². The zero-order valence-electron chi connectivity index (χ0n) is 12.9. The van der Waals surface area contributed by atoms with Crippen LogP contribution in [0.25, 0.3) is 0 Å². The van der Waals surface area contributed by atoms with Gasteiger partial charge in [-0.25, -0.2) is 0 Å². The van der Waals surface area contributed by atoms with Crippen molar-refractivity contribution < 1.29 is 19.0 Å². The van der Waals surface area contributed by atoms with Gasteiger partial charge in [-0.1, -0.05) is 0 Å². The molecule has 0 radical (unpaired) electrons. The number of aromatic nitrogens is 1. The van der Waals surface area contributed by atoms with Crippen LogP contribution >= 0.6 is 0 Å². The first kappa shape index (κ1) is 15.2. The van der Waals surface area contributed by atoms with Crippen LogP contribution in [0, 0.1) is 0 Å². The Hall–Kier alpha value is -1.66. The minimum atomic E-state index is -0.336. The van der Waals surface area contributed by atoms with E-state index in [1.807, 2.05) is 4.90 Å². The Morgan fingerprint density at radius 1 is 1.59 bits per heavy atom. The quantitative estimate of drug-likeness (QED) is 0.838. The predicted molar refractivity (Wildman–Crippen MR) is 79.6 cm³/mol. The van der Waals surface area contributed by atoms with E-state index in [1.54, 1.807) is 31.6 Å². The van der Waals surface area contributed by atoms with Crippen molar-refractivity contribution in [3.05, 3.63) is 24.5 Å². The lowest BCUT2D eigenvalue weighted by Crippen LogP contribution is -2.59. The van der Waals surface area contributed by atoms with Crippen LogP contribution in [0.4, 0.5) is 0 Å². The fourth-order valence-electron chi connectivity index (χ4n) is 3.35. The van der Waals surface area contributed by atoms with Crippen LogP contribution in [0.3, 0.4) is 0 Å². The highest BCUT2D eigenvalue weighted by Gasteiger charge is 2.48. The molecule has 0 unspecified atom stereocenters. The molecule has 22 heavy (non-hydrogen) atoms. The third-order valence-electron chi connectivity index (χ3n) is 4.47. The second-order valence-corrected chi connectivity index (χ2v) is 5.82. The molecule has 120 valence electrons. The average Bonchev–Trinajstić information content (AvgIpc) is 3.02. The third kappa shape index (κ3) is 3.08. The summed E-state index contributed by atoms with van der Waals surface area (Å²) in [7, 11) is 1.72. The van der Waals surface area contributed by atoms with Gasteiger partial charge in [-0.3, -0.25) is 9.78 Å². The zero-order valence-corrected chi connectivity index (χ0v) is 12.9. The van der Waals surface area contributed by atoms with Gasteiger partial charge in [0.2, 0.25) is 0 Å². The van der Waals surface area contributed by atoms with E-state index in [4.69, 9.17) is 14.2 Å². The van der Waals surface area contributed by atoms with Crippen LogP contribution in [-0.4, -0.2) is 60.9 Å². The molecule has 0 aromatic carbocycles. The van der Waals surface area contributed by atoms with Gasteiger partial charge in [0.05, 0.1) is 18.8 Å². The van der Waals surface area contributed by atoms with E-state index in [2.05, 4.69) is 4.98 Å². The van der Waals surface area contributed by atoms with Crippen LogP contribution in [0.2, 0.25) is 0 Å². The van der Waals surface area contributed by atoms with Gasteiger partial charge in [0, 0.05) is 26.5 Å². The summed E-state index contributed by atoms with van der Waals surface area (Å²) in [6, 6.07) is 3.57. The Bertz CT molecular complexity index is 502. The first-order valence-corrected chi connectivity index (χ1v) is 7.71. The summed E-state index contributed by atoms with van der Waals surface area (Å²) < 4.78 is 17.0. The minimum Gasteiger partial charge on any atom is -0.482 e.